The van der Waals surface area contributed by atoms with Gasteiger partial charge in [-0.05, 0) is 56.1 Å². The molecule has 2 aromatic carbocycles. The van der Waals surface area contributed by atoms with Crippen LogP contribution in [0.15, 0.2) is 40.9 Å². The molecule has 0 spiro atoms. The minimum Gasteiger partial charge on any atom is -0.310 e. The maximum atomic E-state index is 13.5. The van der Waals surface area contributed by atoms with Gasteiger partial charge in [-0.15, -0.1) is 0 Å². The highest BCUT2D eigenvalue weighted by Gasteiger charge is 2.13. The molecular weight excluding hydrogens is 329 g/mol. The molecule has 0 saturated heterocycles. The summed E-state index contributed by atoms with van der Waals surface area (Å²) in [4.78, 5) is 0. The molecule has 0 heterocycles. The largest absolute Gasteiger partial charge is 0.310 e. The van der Waals surface area contributed by atoms with Gasteiger partial charge >= 0.3 is 0 Å². The molecule has 1 nitrogen and oxygen atoms in total. The van der Waals surface area contributed by atoms with E-state index >= 15 is 0 Å². The number of benzene rings is 2. The Bertz CT molecular complexity index is 584. The first-order chi connectivity index (χ1) is 9.97. The molecule has 1 N–H and O–H groups in total. The van der Waals surface area contributed by atoms with Gasteiger partial charge in [0.05, 0.1) is 0 Å². The van der Waals surface area contributed by atoms with Gasteiger partial charge in [-0.1, -0.05) is 52.2 Å². The van der Waals surface area contributed by atoms with E-state index in [1.165, 1.54) is 22.8 Å². The minimum atomic E-state index is -0.199. The van der Waals surface area contributed by atoms with E-state index in [0.29, 0.717) is 0 Å². The summed E-state index contributed by atoms with van der Waals surface area (Å²) < 4.78 is 14.3. The fourth-order valence-electron chi connectivity index (χ4n) is 2.73. The van der Waals surface area contributed by atoms with Crippen molar-refractivity contribution in [2.24, 2.45) is 0 Å². The number of nitrogens with one attached hydrogen (secondary N) is 1. The number of aryl methyl sites for hydroxylation is 2. The van der Waals surface area contributed by atoms with Crippen LogP contribution in [0.25, 0.3) is 0 Å². The third-order valence-electron chi connectivity index (χ3n) is 3.46. The Morgan fingerprint density at radius 3 is 2.29 bits per heavy atom. The molecule has 0 aliphatic rings. The zero-order chi connectivity index (χ0) is 15.4. The SMILES string of the molecule is CCNC(Cc1cc(F)cc(Br)c1)c1cc(C)cc(C)c1. The van der Waals surface area contributed by atoms with Crippen molar-refractivity contribution in [2.45, 2.75) is 33.2 Å². The number of likely N-dealkylation sites (N-methyl/N-ethyl adjacent to an activating group) is 1. The highest BCUT2D eigenvalue weighted by molar-refractivity contribution is 9.10. The lowest BCUT2D eigenvalue weighted by atomic mass is 9.96. The van der Waals surface area contributed by atoms with Gasteiger partial charge in [0, 0.05) is 10.5 Å². The Morgan fingerprint density at radius 1 is 1.05 bits per heavy atom. The molecule has 0 fully saturated rings. The predicted octanol–water partition coefficient (Wildman–Crippen LogP) is 5.10. The van der Waals surface area contributed by atoms with Crippen LogP contribution in [0.4, 0.5) is 4.39 Å². The third-order valence-corrected chi connectivity index (χ3v) is 3.92. The van der Waals surface area contributed by atoms with Crippen LogP contribution in [0.2, 0.25) is 0 Å². The normalized spacial score (nSPS) is 12.4. The number of halogens is 2. The molecule has 0 bridgehead atoms. The van der Waals surface area contributed by atoms with Gasteiger partial charge in [-0.2, -0.15) is 0 Å². The summed E-state index contributed by atoms with van der Waals surface area (Å²) in [5, 5.41) is 3.50. The van der Waals surface area contributed by atoms with E-state index in [1.54, 1.807) is 6.07 Å². The number of hydrogen-bond acceptors (Lipinski definition) is 1. The van der Waals surface area contributed by atoms with Gasteiger partial charge in [0.2, 0.25) is 0 Å². The molecule has 0 amide bonds. The van der Waals surface area contributed by atoms with Crippen molar-refractivity contribution in [3.8, 4) is 0 Å². The quantitative estimate of drug-likeness (QED) is 0.791. The first kappa shape index (κ1) is 16.2. The zero-order valence-corrected chi connectivity index (χ0v) is 14.3. The molecule has 1 atom stereocenters. The van der Waals surface area contributed by atoms with Gasteiger partial charge in [-0.25, -0.2) is 4.39 Å². The lowest BCUT2D eigenvalue weighted by molar-refractivity contribution is 0.546. The van der Waals surface area contributed by atoms with E-state index in [-0.39, 0.29) is 11.9 Å². The first-order valence-electron chi connectivity index (χ1n) is 7.24. The summed E-state index contributed by atoms with van der Waals surface area (Å²) in [6, 6.07) is 11.9. The van der Waals surface area contributed by atoms with E-state index in [4.69, 9.17) is 0 Å². The van der Waals surface area contributed by atoms with Crippen molar-refractivity contribution in [1.82, 2.24) is 5.32 Å². The predicted molar refractivity (Wildman–Crippen MR) is 90.1 cm³/mol. The Hall–Kier alpha value is -1.19. The van der Waals surface area contributed by atoms with Crippen LogP contribution < -0.4 is 5.32 Å². The lowest BCUT2D eigenvalue weighted by Gasteiger charge is -2.20. The average molecular weight is 350 g/mol. The van der Waals surface area contributed by atoms with Gasteiger partial charge in [0.15, 0.2) is 0 Å². The van der Waals surface area contributed by atoms with Crippen molar-refractivity contribution in [1.29, 1.82) is 0 Å². The van der Waals surface area contributed by atoms with Crippen LogP contribution in [-0.2, 0) is 6.42 Å². The molecule has 0 saturated carbocycles. The topological polar surface area (TPSA) is 12.0 Å². The van der Waals surface area contributed by atoms with Crippen LogP contribution in [0.5, 0.6) is 0 Å². The summed E-state index contributed by atoms with van der Waals surface area (Å²) in [5.41, 5.74) is 4.77. The second-order valence-corrected chi connectivity index (χ2v) is 6.43. The lowest BCUT2D eigenvalue weighted by Crippen LogP contribution is -2.23. The maximum absolute atomic E-state index is 13.5. The van der Waals surface area contributed by atoms with E-state index in [0.717, 1.165) is 23.0 Å². The number of hydrogen-bond donors (Lipinski definition) is 1. The average Bonchev–Trinajstić information content (AvgIpc) is 2.35. The van der Waals surface area contributed by atoms with Crippen LogP contribution in [0.1, 0.15) is 35.2 Å². The van der Waals surface area contributed by atoms with Gasteiger partial charge in [-0.3, -0.25) is 0 Å². The first-order valence-corrected chi connectivity index (χ1v) is 8.03. The molecule has 1 unspecified atom stereocenters. The fourth-order valence-corrected chi connectivity index (χ4v) is 3.24. The molecule has 0 aliphatic carbocycles. The molecule has 21 heavy (non-hydrogen) atoms. The number of rotatable bonds is 5. The van der Waals surface area contributed by atoms with E-state index in [2.05, 4.69) is 60.2 Å². The van der Waals surface area contributed by atoms with Crippen molar-refractivity contribution in [3.05, 3.63) is 68.9 Å². The van der Waals surface area contributed by atoms with E-state index in [9.17, 15) is 4.39 Å². The highest BCUT2D eigenvalue weighted by Crippen LogP contribution is 2.23. The Balaban J connectivity index is 2.30. The smallest absolute Gasteiger partial charge is 0.124 e. The van der Waals surface area contributed by atoms with E-state index in [1.807, 2.05) is 6.07 Å². The molecule has 0 radical (unpaired) electrons. The van der Waals surface area contributed by atoms with Crippen molar-refractivity contribution in [3.63, 3.8) is 0 Å². The van der Waals surface area contributed by atoms with Gasteiger partial charge in [0.25, 0.3) is 0 Å². The fraction of sp³-hybridized carbons (Fsp3) is 0.333. The highest BCUT2D eigenvalue weighted by atomic mass is 79.9. The molecular formula is C18H21BrFN. The molecule has 0 aliphatic heterocycles. The molecule has 2 rings (SSSR count). The van der Waals surface area contributed by atoms with Crippen LogP contribution in [0, 0.1) is 19.7 Å². The zero-order valence-electron chi connectivity index (χ0n) is 12.7. The standard InChI is InChI=1S/C18H21BrFN/c1-4-21-18(15-6-12(2)5-13(3)7-15)10-14-8-16(19)11-17(20)9-14/h5-9,11,18,21H,4,10H2,1-3H3. The molecule has 0 aromatic heterocycles. The van der Waals surface area contributed by atoms with Crippen LogP contribution >= 0.6 is 15.9 Å². The summed E-state index contributed by atoms with van der Waals surface area (Å²) in [6.45, 7) is 7.20. The Kier molecular flexibility index (Phi) is 5.54. The Labute approximate surface area is 134 Å². The Morgan fingerprint density at radius 2 is 1.71 bits per heavy atom. The summed E-state index contributed by atoms with van der Waals surface area (Å²) >= 11 is 3.36. The molecule has 2 aromatic rings. The second-order valence-electron chi connectivity index (χ2n) is 5.51. The van der Waals surface area contributed by atoms with E-state index < -0.39 is 0 Å². The maximum Gasteiger partial charge on any atom is 0.124 e. The molecule has 112 valence electrons. The van der Waals surface area contributed by atoms with Gasteiger partial charge in [0.1, 0.15) is 5.82 Å². The summed E-state index contributed by atoms with van der Waals surface area (Å²) in [6.07, 6.45) is 0.771. The van der Waals surface area contributed by atoms with Crippen LogP contribution in [-0.4, -0.2) is 6.54 Å². The summed E-state index contributed by atoms with van der Waals surface area (Å²) in [5.74, 6) is -0.199. The van der Waals surface area contributed by atoms with Crippen molar-refractivity contribution >= 4 is 15.9 Å². The van der Waals surface area contributed by atoms with Crippen molar-refractivity contribution < 1.29 is 4.39 Å². The van der Waals surface area contributed by atoms with Crippen molar-refractivity contribution in [2.75, 3.05) is 6.54 Å². The van der Waals surface area contributed by atoms with Crippen LogP contribution in [0.3, 0.4) is 0 Å². The third kappa shape index (κ3) is 4.65. The molecule has 3 heteroatoms. The van der Waals surface area contributed by atoms with Gasteiger partial charge < -0.3 is 5.32 Å². The minimum absolute atomic E-state index is 0.197. The monoisotopic (exact) mass is 349 g/mol. The summed E-state index contributed by atoms with van der Waals surface area (Å²) in [7, 11) is 0. The second kappa shape index (κ2) is 7.19.